The molecule has 0 aliphatic rings. The molecule has 1 heterocycles. The summed E-state index contributed by atoms with van der Waals surface area (Å²) >= 11 is 0. The van der Waals surface area contributed by atoms with Gasteiger partial charge in [0.15, 0.2) is 11.5 Å². The van der Waals surface area contributed by atoms with Gasteiger partial charge in [0.05, 0.1) is 5.56 Å². The summed E-state index contributed by atoms with van der Waals surface area (Å²) in [7, 11) is 0. The van der Waals surface area contributed by atoms with Crippen LogP contribution in [-0.2, 0) is 6.42 Å². The molecule has 100 valence electrons. The van der Waals surface area contributed by atoms with Crippen molar-refractivity contribution in [2.75, 3.05) is 0 Å². The summed E-state index contributed by atoms with van der Waals surface area (Å²) < 4.78 is 5.66. The molecule has 0 aliphatic heterocycles. The van der Waals surface area contributed by atoms with Crippen molar-refractivity contribution in [3.05, 3.63) is 65.0 Å². The minimum absolute atomic E-state index is 0.216. The fraction of sp³-hybridized carbons (Fsp3) is 0.125. The van der Waals surface area contributed by atoms with Crippen LogP contribution in [0.15, 0.2) is 46.9 Å². The van der Waals surface area contributed by atoms with Crippen molar-refractivity contribution >= 4 is 17.1 Å². The Bertz CT molecular complexity index is 789. The molecule has 0 bridgehead atoms. The van der Waals surface area contributed by atoms with Gasteiger partial charge in [-0.05, 0) is 36.2 Å². The van der Waals surface area contributed by atoms with Gasteiger partial charge in [-0.15, -0.1) is 0 Å². The van der Waals surface area contributed by atoms with Gasteiger partial charge in [0.2, 0.25) is 0 Å². The van der Waals surface area contributed by atoms with E-state index in [2.05, 4.69) is 4.98 Å². The number of benzene rings is 2. The van der Waals surface area contributed by atoms with E-state index >= 15 is 0 Å². The molecular formula is C16H13NO3. The second-order valence-corrected chi connectivity index (χ2v) is 4.70. The number of nitrogens with zero attached hydrogens (tertiary/aromatic N) is 1. The van der Waals surface area contributed by atoms with Gasteiger partial charge in [-0.25, -0.2) is 9.78 Å². The van der Waals surface area contributed by atoms with Crippen LogP contribution in [0, 0.1) is 6.92 Å². The zero-order valence-corrected chi connectivity index (χ0v) is 11.0. The Morgan fingerprint density at radius 1 is 1.25 bits per heavy atom. The minimum Gasteiger partial charge on any atom is -0.478 e. The second kappa shape index (κ2) is 4.81. The summed E-state index contributed by atoms with van der Waals surface area (Å²) in [5.74, 6) is -0.368. The maximum absolute atomic E-state index is 10.9. The van der Waals surface area contributed by atoms with Crippen LogP contribution in [0.5, 0.6) is 0 Å². The van der Waals surface area contributed by atoms with Crippen LogP contribution in [0.1, 0.15) is 27.4 Å². The van der Waals surface area contributed by atoms with E-state index < -0.39 is 5.97 Å². The number of carboxylic acids is 1. The van der Waals surface area contributed by atoms with Gasteiger partial charge in [-0.1, -0.05) is 24.3 Å². The zero-order valence-electron chi connectivity index (χ0n) is 11.0. The minimum atomic E-state index is -0.963. The van der Waals surface area contributed by atoms with Gasteiger partial charge in [-0.3, -0.25) is 0 Å². The summed E-state index contributed by atoms with van der Waals surface area (Å²) in [5.41, 5.74) is 3.74. The maximum Gasteiger partial charge on any atom is 0.335 e. The first-order valence-corrected chi connectivity index (χ1v) is 6.31. The topological polar surface area (TPSA) is 63.3 Å². The molecule has 0 aliphatic carbocycles. The Morgan fingerprint density at radius 3 is 2.80 bits per heavy atom. The zero-order chi connectivity index (χ0) is 14.1. The summed E-state index contributed by atoms with van der Waals surface area (Å²) in [6, 6.07) is 12.7. The number of aromatic carboxylic acids is 1. The van der Waals surface area contributed by atoms with Crippen LogP contribution in [0.25, 0.3) is 11.1 Å². The molecule has 0 saturated carbocycles. The molecule has 0 spiro atoms. The third-order valence-corrected chi connectivity index (χ3v) is 3.28. The Balaban J connectivity index is 1.97. The number of hydrogen-bond acceptors (Lipinski definition) is 3. The van der Waals surface area contributed by atoms with E-state index in [0.29, 0.717) is 23.4 Å². The lowest BCUT2D eigenvalue weighted by molar-refractivity contribution is 0.0697. The molecule has 1 aromatic heterocycles. The van der Waals surface area contributed by atoms with E-state index in [4.69, 9.17) is 9.52 Å². The van der Waals surface area contributed by atoms with Crippen molar-refractivity contribution in [2.45, 2.75) is 13.3 Å². The van der Waals surface area contributed by atoms with Gasteiger partial charge in [0.1, 0.15) is 5.52 Å². The smallest absolute Gasteiger partial charge is 0.335 e. The number of rotatable bonds is 3. The molecule has 0 unspecified atom stereocenters. The molecular weight excluding hydrogens is 254 g/mol. The van der Waals surface area contributed by atoms with Crippen LogP contribution in [0.4, 0.5) is 0 Å². The van der Waals surface area contributed by atoms with Gasteiger partial charge in [-0.2, -0.15) is 0 Å². The van der Waals surface area contributed by atoms with E-state index in [1.54, 1.807) is 6.07 Å². The highest BCUT2D eigenvalue weighted by molar-refractivity contribution is 5.91. The number of aryl methyl sites for hydroxylation is 1. The van der Waals surface area contributed by atoms with Crippen LogP contribution in [0.2, 0.25) is 0 Å². The summed E-state index contributed by atoms with van der Waals surface area (Å²) in [6.07, 6.45) is 0.601. The van der Waals surface area contributed by atoms with Crippen LogP contribution >= 0.6 is 0 Å². The molecule has 0 amide bonds. The molecule has 4 nitrogen and oxygen atoms in total. The lowest BCUT2D eigenvalue weighted by atomic mass is 10.1. The number of aromatic nitrogens is 1. The van der Waals surface area contributed by atoms with Gasteiger partial charge < -0.3 is 9.52 Å². The fourth-order valence-electron chi connectivity index (χ4n) is 2.16. The molecule has 2 aromatic carbocycles. The van der Waals surface area contributed by atoms with Crippen molar-refractivity contribution in [1.29, 1.82) is 0 Å². The van der Waals surface area contributed by atoms with Crippen LogP contribution in [0.3, 0.4) is 0 Å². The highest BCUT2D eigenvalue weighted by atomic mass is 16.4. The second-order valence-electron chi connectivity index (χ2n) is 4.70. The fourth-order valence-corrected chi connectivity index (χ4v) is 2.16. The van der Waals surface area contributed by atoms with E-state index in [-0.39, 0.29) is 5.56 Å². The normalized spacial score (nSPS) is 10.8. The Morgan fingerprint density at radius 2 is 2.05 bits per heavy atom. The largest absolute Gasteiger partial charge is 0.478 e. The van der Waals surface area contributed by atoms with Crippen molar-refractivity contribution in [3.63, 3.8) is 0 Å². The summed E-state index contributed by atoms with van der Waals surface area (Å²) in [6.45, 7) is 2.04. The molecule has 4 heteroatoms. The van der Waals surface area contributed by atoms with Crippen LogP contribution in [-0.4, -0.2) is 16.1 Å². The first kappa shape index (κ1) is 12.4. The van der Waals surface area contributed by atoms with Crippen molar-refractivity contribution in [2.24, 2.45) is 0 Å². The lowest BCUT2D eigenvalue weighted by Crippen LogP contribution is -1.94. The molecule has 0 radical (unpaired) electrons. The van der Waals surface area contributed by atoms with Crippen molar-refractivity contribution in [1.82, 2.24) is 4.98 Å². The van der Waals surface area contributed by atoms with Gasteiger partial charge >= 0.3 is 5.97 Å². The van der Waals surface area contributed by atoms with E-state index in [9.17, 15) is 4.79 Å². The predicted molar refractivity (Wildman–Crippen MR) is 75.0 cm³/mol. The SMILES string of the molecule is Cc1ccccc1Cc1nc2cc(C(=O)O)ccc2o1. The number of hydrogen-bond donors (Lipinski definition) is 1. The molecule has 20 heavy (non-hydrogen) atoms. The first-order chi connectivity index (χ1) is 9.63. The van der Waals surface area contributed by atoms with Crippen LogP contribution < -0.4 is 0 Å². The standard InChI is InChI=1S/C16H13NO3/c1-10-4-2-3-5-11(10)9-15-17-13-8-12(16(18)19)6-7-14(13)20-15/h2-8H,9H2,1H3,(H,18,19). The van der Waals surface area contributed by atoms with Crippen molar-refractivity contribution < 1.29 is 14.3 Å². The van der Waals surface area contributed by atoms with E-state index in [1.807, 2.05) is 31.2 Å². The third-order valence-electron chi connectivity index (χ3n) is 3.28. The Labute approximate surface area is 115 Å². The Kier molecular flexibility index (Phi) is 2.99. The molecule has 1 N–H and O–H groups in total. The third kappa shape index (κ3) is 2.28. The Hall–Kier alpha value is -2.62. The summed E-state index contributed by atoms with van der Waals surface area (Å²) in [5, 5.41) is 8.96. The molecule has 3 rings (SSSR count). The van der Waals surface area contributed by atoms with E-state index in [1.165, 1.54) is 17.7 Å². The highest BCUT2D eigenvalue weighted by Crippen LogP contribution is 2.20. The number of carbonyl (C=O) groups is 1. The predicted octanol–water partition coefficient (Wildman–Crippen LogP) is 3.43. The van der Waals surface area contributed by atoms with Crippen molar-refractivity contribution in [3.8, 4) is 0 Å². The number of oxazole rings is 1. The molecule has 3 aromatic rings. The monoisotopic (exact) mass is 267 g/mol. The highest BCUT2D eigenvalue weighted by Gasteiger charge is 2.10. The van der Waals surface area contributed by atoms with Gasteiger partial charge in [0.25, 0.3) is 0 Å². The average molecular weight is 267 g/mol. The number of carboxylic acid groups (broad SMARTS) is 1. The lowest BCUT2D eigenvalue weighted by Gasteiger charge is -2.01. The first-order valence-electron chi connectivity index (χ1n) is 6.31. The van der Waals surface area contributed by atoms with E-state index in [0.717, 1.165) is 5.56 Å². The molecule has 0 fully saturated rings. The molecule has 0 saturated heterocycles. The van der Waals surface area contributed by atoms with Gasteiger partial charge in [0, 0.05) is 6.42 Å². The maximum atomic E-state index is 10.9. The quantitative estimate of drug-likeness (QED) is 0.789. The number of fused-ring (bicyclic) bond motifs is 1. The summed E-state index contributed by atoms with van der Waals surface area (Å²) in [4.78, 5) is 15.3. The average Bonchev–Trinajstić information content (AvgIpc) is 2.82. The molecule has 0 atom stereocenters.